The SMILES string of the molecule is O=C(Nc1cnc2ccccc2c1)c1ncoc1-c1ccccc1C(F)(F)F. The molecule has 0 radical (unpaired) electrons. The number of hydrogen-bond acceptors (Lipinski definition) is 4. The van der Waals surface area contributed by atoms with Crippen LogP contribution in [-0.2, 0) is 6.18 Å². The molecule has 0 aliphatic heterocycles. The summed E-state index contributed by atoms with van der Waals surface area (Å²) in [6, 6.07) is 13.9. The van der Waals surface area contributed by atoms with E-state index in [4.69, 9.17) is 4.42 Å². The van der Waals surface area contributed by atoms with Crippen molar-refractivity contribution in [3.8, 4) is 11.3 Å². The molecule has 2 aromatic carbocycles. The Kier molecular flexibility index (Phi) is 4.31. The molecule has 0 fully saturated rings. The molecular formula is C20H12F3N3O2. The Bertz CT molecular complexity index is 1170. The second-order valence-corrected chi connectivity index (χ2v) is 5.94. The van der Waals surface area contributed by atoms with E-state index in [-0.39, 0.29) is 17.0 Å². The molecule has 4 rings (SSSR count). The summed E-state index contributed by atoms with van der Waals surface area (Å²) in [6.45, 7) is 0. The average Bonchev–Trinajstić information content (AvgIpc) is 3.17. The summed E-state index contributed by atoms with van der Waals surface area (Å²) >= 11 is 0. The molecule has 1 amide bonds. The normalized spacial score (nSPS) is 11.5. The Labute approximate surface area is 156 Å². The van der Waals surface area contributed by atoms with Crippen LogP contribution < -0.4 is 5.32 Å². The van der Waals surface area contributed by atoms with Gasteiger partial charge in [0.05, 0.1) is 23.0 Å². The van der Waals surface area contributed by atoms with Gasteiger partial charge in [-0.1, -0.05) is 36.4 Å². The molecule has 4 aromatic rings. The smallest absolute Gasteiger partial charge is 0.417 e. The number of para-hydroxylation sites is 1. The molecule has 0 aliphatic rings. The molecule has 28 heavy (non-hydrogen) atoms. The molecule has 2 heterocycles. The Morgan fingerprint density at radius 3 is 2.57 bits per heavy atom. The molecule has 0 bridgehead atoms. The lowest BCUT2D eigenvalue weighted by Crippen LogP contribution is -2.14. The maximum absolute atomic E-state index is 13.3. The summed E-state index contributed by atoms with van der Waals surface area (Å²) in [5, 5.41) is 3.41. The standard InChI is InChI=1S/C20H12F3N3O2/c21-20(22,23)15-7-3-2-6-14(15)18-17(25-11-28-18)19(27)26-13-9-12-5-1-4-8-16(12)24-10-13/h1-11H,(H,26,27). The van der Waals surface area contributed by atoms with Gasteiger partial charge in [0.25, 0.3) is 5.91 Å². The first-order valence-corrected chi connectivity index (χ1v) is 8.20. The van der Waals surface area contributed by atoms with Gasteiger partial charge >= 0.3 is 6.18 Å². The zero-order chi connectivity index (χ0) is 19.7. The van der Waals surface area contributed by atoms with E-state index < -0.39 is 17.6 Å². The molecule has 0 aliphatic carbocycles. The first kappa shape index (κ1) is 17.7. The predicted molar refractivity (Wildman–Crippen MR) is 96.6 cm³/mol. The lowest BCUT2D eigenvalue weighted by Gasteiger charge is -2.11. The fourth-order valence-corrected chi connectivity index (χ4v) is 2.86. The number of benzene rings is 2. The van der Waals surface area contributed by atoms with Crippen molar-refractivity contribution >= 4 is 22.5 Å². The minimum absolute atomic E-state index is 0.246. The highest BCUT2D eigenvalue weighted by Crippen LogP contribution is 2.38. The van der Waals surface area contributed by atoms with E-state index in [1.807, 2.05) is 24.3 Å². The van der Waals surface area contributed by atoms with Crippen molar-refractivity contribution in [2.24, 2.45) is 0 Å². The maximum Gasteiger partial charge on any atom is 0.417 e. The van der Waals surface area contributed by atoms with Gasteiger partial charge < -0.3 is 9.73 Å². The molecule has 8 heteroatoms. The number of rotatable bonds is 3. The summed E-state index contributed by atoms with van der Waals surface area (Å²) in [5.41, 5.74) is -0.268. The van der Waals surface area contributed by atoms with Crippen LogP contribution in [0.1, 0.15) is 16.1 Å². The van der Waals surface area contributed by atoms with Crippen LogP contribution in [0.5, 0.6) is 0 Å². The number of nitrogens with zero attached hydrogens (tertiary/aromatic N) is 2. The quantitative estimate of drug-likeness (QED) is 0.531. The molecular weight excluding hydrogens is 371 g/mol. The second kappa shape index (κ2) is 6.80. The Morgan fingerprint density at radius 2 is 1.75 bits per heavy atom. The van der Waals surface area contributed by atoms with Crippen molar-refractivity contribution in [1.82, 2.24) is 9.97 Å². The highest BCUT2D eigenvalue weighted by molar-refractivity contribution is 6.07. The molecule has 1 N–H and O–H groups in total. The molecule has 5 nitrogen and oxygen atoms in total. The molecule has 140 valence electrons. The molecule has 2 aromatic heterocycles. The minimum atomic E-state index is -4.60. The lowest BCUT2D eigenvalue weighted by molar-refractivity contribution is -0.137. The van der Waals surface area contributed by atoms with Crippen LogP contribution in [0, 0.1) is 0 Å². The van der Waals surface area contributed by atoms with Crippen LogP contribution in [0.25, 0.3) is 22.2 Å². The van der Waals surface area contributed by atoms with Gasteiger partial charge in [0, 0.05) is 10.9 Å². The van der Waals surface area contributed by atoms with E-state index >= 15 is 0 Å². The van der Waals surface area contributed by atoms with Gasteiger partial charge in [0.2, 0.25) is 0 Å². The number of fused-ring (bicyclic) bond motifs is 1. The van der Waals surface area contributed by atoms with Crippen LogP contribution >= 0.6 is 0 Å². The van der Waals surface area contributed by atoms with E-state index in [1.165, 1.54) is 24.4 Å². The number of nitrogens with one attached hydrogen (secondary N) is 1. The third-order valence-electron chi connectivity index (χ3n) is 4.11. The number of halogens is 3. The monoisotopic (exact) mass is 383 g/mol. The Balaban J connectivity index is 1.68. The van der Waals surface area contributed by atoms with Crippen molar-refractivity contribution in [3.05, 3.63) is 78.4 Å². The van der Waals surface area contributed by atoms with Crippen LogP contribution in [-0.4, -0.2) is 15.9 Å². The van der Waals surface area contributed by atoms with Gasteiger partial charge in [0.15, 0.2) is 17.8 Å². The molecule has 0 unspecified atom stereocenters. The number of carbonyl (C=O) groups excluding carboxylic acids is 1. The number of anilines is 1. The first-order valence-electron chi connectivity index (χ1n) is 8.20. The molecule has 0 saturated heterocycles. The van der Waals surface area contributed by atoms with Crippen LogP contribution in [0.4, 0.5) is 18.9 Å². The van der Waals surface area contributed by atoms with Crippen molar-refractivity contribution in [2.45, 2.75) is 6.18 Å². The van der Waals surface area contributed by atoms with Crippen LogP contribution in [0.2, 0.25) is 0 Å². The number of hydrogen-bond donors (Lipinski definition) is 1. The van der Waals surface area contributed by atoms with E-state index in [9.17, 15) is 18.0 Å². The lowest BCUT2D eigenvalue weighted by atomic mass is 10.0. The summed E-state index contributed by atoms with van der Waals surface area (Å²) < 4.78 is 45.0. The number of amides is 1. The van der Waals surface area contributed by atoms with E-state index in [1.54, 1.807) is 6.07 Å². The molecule has 0 atom stereocenters. The van der Waals surface area contributed by atoms with E-state index in [0.29, 0.717) is 5.69 Å². The second-order valence-electron chi connectivity index (χ2n) is 5.94. The topological polar surface area (TPSA) is 68.0 Å². The highest BCUT2D eigenvalue weighted by Gasteiger charge is 2.35. The van der Waals surface area contributed by atoms with E-state index in [0.717, 1.165) is 23.4 Å². The average molecular weight is 383 g/mol. The van der Waals surface area contributed by atoms with Gasteiger partial charge in [-0.15, -0.1) is 0 Å². The summed E-state index contributed by atoms with van der Waals surface area (Å²) in [7, 11) is 0. The van der Waals surface area contributed by atoms with Gasteiger partial charge in [-0.3, -0.25) is 9.78 Å². The predicted octanol–water partition coefficient (Wildman–Crippen LogP) is 5.16. The van der Waals surface area contributed by atoms with Crippen LogP contribution in [0.3, 0.4) is 0 Å². The fraction of sp³-hybridized carbons (Fsp3) is 0.0500. The number of aromatic nitrogens is 2. The fourth-order valence-electron chi connectivity index (χ4n) is 2.86. The van der Waals surface area contributed by atoms with Gasteiger partial charge in [0.1, 0.15) is 0 Å². The first-order chi connectivity index (χ1) is 13.4. The minimum Gasteiger partial charge on any atom is -0.443 e. The zero-order valence-corrected chi connectivity index (χ0v) is 14.2. The van der Waals surface area contributed by atoms with E-state index in [2.05, 4.69) is 15.3 Å². The van der Waals surface area contributed by atoms with Crippen LogP contribution in [0.15, 0.2) is 71.6 Å². The Hall–Kier alpha value is -3.68. The largest absolute Gasteiger partial charge is 0.443 e. The summed E-state index contributed by atoms with van der Waals surface area (Å²) in [5.74, 6) is -0.947. The van der Waals surface area contributed by atoms with Crippen molar-refractivity contribution < 1.29 is 22.4 Å². The number of alkyl halides is 3. The van der Waals surface area contributed by atoms with Gasteiger partial charge in [-0.05, 0) is 18.2 Å². The maximum atomic E-state index is 13.3. The highest BCUT2D eigenvalue weighted by atomic mass is 19.4. The van der Waals surface area contributed by atoms with Crippen molar-refractivity contribution in [2.75, 3.05) is 5.32 Å². The van der Waals surface area contributed by atoms with Gasteiger partial charge in [-0.2, -0.15) is 13.2 Å². The zero-order valence-electron chi connectivity index (χ0n) is 14.2. The Morgan fingerprint density at radius 1 is 1.00 bits per heavy atom. The number of pyridine rings is 1. The number of oxazole rings is 1. The third-order valence-corrected chi connectivity index (χ3v) is 4.11. The van der Waals surface area contributed by atoms with Crippen molar-refractivity contribution in [3.63, 3.8) is 0 Å². The molecule has 0 saturated carbocycles. The molecule has 0 spiro atoms. The summed E-state index contributed by atoms with van der Waals surface area (Å²) in [6.07, 6.45) is -2.20. The van der Waals surface area contributed by atoms with Crippen molar-refractivity contribution in [1.29, 1.82) is 0 Å². The number of carbonyl (C=O) groups is 1. The third kappa shape index (κ3) is 3.32. The van der Waals surface area contributed by atoms with Gasteiger partial charge in [-0.25, -0.2) is 4.98 Å². The summed E-state index contributed by atoms with van der Waals surface area (Å²) in [4.78, 5) is 20.7.